The van der Waals surface area contributed by atoms with Crippen molar-refractivity contribution in [3.05, 3.63) is 23.5 Å². The summed E-state index contributed by atoms with van der Waals surface area (Å²) in [6, 6.07) is 0. The Morgan fingerprint density at radius 3 is 2.57 bits per heavy atom. The molecule has 0 spiro atoms. The van der Waals surface area contributed by atoms with Crippen molar-refractivity contribution in [3.8, 4) is 0 Å². The van der Waals surface area contributed by atoms with E-state index < -0.39 is 16.3 Å². The van der Waals surface area contributed by atoms with E-state index in [4.69, 9.17) is 9.84 Å². The van der Waals surface area contributed by atoms with Crippen molar-refractivity contribution >= 4 is 21.1 Å². The number of hydrogen-bond acceptors (Lipinski definition) is 4. The van der Waals surface area contributed by atoms with Crippen LogP contribution in [0.4, 0.5) is 0 Å². The Hall–Kier alpha value is -1.56. The molecule has 0 unspecified atom stereocenters. The monoisotopic (exact) mass is 216 g/mol. The van der Waals surface area contributed by atoms with Crippen LogP contribution in [-0.4, -0.2) is 31.5 Å². The summed E-state index contributed by atoms with van der Waals surface area (Å²) in [6.07, 6.45) is 2.47. The van der Waals surface area contributed by atoms with Gasteiger partial charge in [0.1, 0.15) is 5.76 Å². The second-order valence-electron chi connectivity index (χ2n) is 2.56. The number of carboxylic acid groups (broad SMARTS) is 1. The van der Waals surface area contributed by atoms with E-state index in [9.17, 15) is 13.2 Å². The first kappa shape index (κ1) is 10.5. The van der Waals surface area contributed by atoms with Gasteiger partial charge in [-0.25, -0.2) is 4.79 Å². The number of ether oxygens (including phenoxy) is 1. The van der Waals surface area contributed by atoms with E-state index in [0.29, 0.717) is 0 Å². The van der Waals surface area contributed by atoms with Gasteiger partial charge in [0, 0.05) is 6.42 Å². The lowest BCUT2D eigenvalue weighted by molar-refractivity contribution is -0.132. The Labute approximate surface area is 81.8 Å². The highest BCUT2D eigenvalue weighted by Crippen LogP contribution is 2.17. The molecule has 0 heterocycles. The number of allylic oxidation sites excluding steroid dienone is 2. The molecule has 6 heteroatoms. The van der Waals surface area contributed by atoms with Gasteiger partial charge in [-0.15, -0.1) is 0 Å². The van der Waals surface area contributed by atoms with Gasteiger partial charge in [0.05, 0.1) is 17.5 Å². The van der Waals surface area contributed by atoms with Crippen molar-refractivity contribution in [2.75, 3.05) is 7.11 Å². The average molecular weight is 216 g/mol. The Kier molecular flexibility index (Phi) is 3.08. The summed E-state index contributed by atoms with van der Waals surface area (Å²) in [5.41, 5.74) is -0.0123. The third-order valence-electron chi connectivity index (χ3n) is 1.76. The van der Waals surface area contributed by atoms with E-state index in [-0.39, 0.29) is 22.6 Å². The van der Waals surface area contributed by atoms with Gasteiger partial charge >= 0.3 is 5.97 Å². The number of hydrogen-bond donors (Lipinski definition) is 1. The minimum atomic E-state index is -2.33. The van der Waals surface area contributed by atoms with Gasteiger partial charge in [-0.3, -0.25) is 0 Å². The van der Waals surface area contributed by atoms with E-state index in [1.807, 2.05) is 0 Å². The van der Waals surface area contributed by atoms with Gasteiger partial charge in [-0.2, -0.15) is 8.42 Å². The molecular weight excluding hydrogens is 208 g/mol. The van der Waals surface area contributed by atoms with Crippen LogP contribution < -0.4 is 0 Å². The average Bonchev–Trinajstić information content (AvgIpc) is 2.16. The fourth-order valence-corrected chi connectivity index (χ4v) is 1.50. The number of methoxy groups -OCH3 is 1. The summed E-state index contributed by atoms with van der Waals surface area (Å²) in [7, 11) is -1.02. The van der Waals surface area contributed by atoms with Gasteiger partial charge in [-0.1, -0.05) is 0 Å². The Balaban J connectivity index is 3.19. The molecule has 76 valence electrons. The zero-order valence-corrected chi connectivity index (χ0v) is 8.17. The lowest BCUT2D eigenvalue weighted by Gasteiger charge is -2.11. The molecule has 0 radical (unpaired) electrons. The standard InChI is InChI=1S/C8H8O5S/c1-13-7-4-5(14(11)12)2-3-6(7)8(9)10/h2-3H,4H2,1H3,(H,9,10). The number of aliphatic carboxylic acids is 1. The van der Waals surface area contributed by atoms with Crippen molar-refractivity contribution in [1.29, 1.82) is 0 Å². The molecule has 0 saturated carbocycles. The lowest BCUT2D eigenvalue weighted by Crippen LogP contribution is -2.12. The third kappa shape index (κ3) is 2.02. The second-order valence-corrected chi connectivity index (χ2v) is 3.55. The Morgan fingerprint density at radius 1 is 1.50 bits per heavy atom. The molecule has 0 aromatic carbocycles. The van der Waals surface area contributed by atoms with Crippen molar-refractivity contribution in [2.24, 2.45) is 0 Å². The predicted molar refractivity (Wildman–Crippen MR) is 49.4 cm³/mol. The van der Waals surface area contributed by atoms with Crippen LogP contribution in [-0.2, 0) is 19.8 Å². The molecule has 0 atom stereocenters. The molecule has 0 fully saturated rings. The van der Waals surface area contributed by atoms with Gasteiger partial charge in [0.2, 0.25) is 10.3 Å². The zero-order valence-electron chi connectivity index (χ0n) is 7.35. The normalized spacial score (nSPS) is 15.6. The SMILES string of the molecule is COC1=C(C(=O)O)C=CC(=S(=O)=O)C1. The summed E-state index contributed by atoms with van der Waals surface area (Å²) in [6.45, 7) is 0. The molecule has 14 heavy (non-hydrogen) atoms. The van der Waals surface area contributed by atoms with Crippen LogP contribution in [0, 0.1) is 0 Å². The molecule has 0 aromatic heterocycles. The van der Waals surface area contributed by atoms with Crippen LogP contribution in [0.3, 0.4) is 0 Å². The van der Waals surface area contributed by atoms with Crippen LogP contribution in [0.25, 0.3) is 0 Å². The highest BCUT2D eigenvalue weighted by atomic mass is 32.2. The number of carboxylic acids is 1. The predicted octanol–water partition coefficient (Wildman–Crippen LogP) is -0.0171. The molecule has 0 aromatic rings. The zero-order chi connectivity index (χ0) is 10.7. The van der Waals surface area contributed by atoms with Gasteiger partial charge in [0.25, 0.3) is 0 Å². The molecule has 0 amide bonds. The summed E-state index contributed by atoms with van der Waals surface area (Å²) in [4.78, 5) is 10.8. The molecule has 0 saturated heterocycles. The molecule has 1 N–H and O–H groups in total. The molecule has 0 aliphatic heterocycles. The van der Waals surface area contributed by atoms with E-state index in [0.717, 1.165) is 0 Å². The molecule has 1 rings (SSSR count). The Morgan fingerprint density at radius 2 is 2.14 bits per heavy atom. The molecular formula is C8H8O5S. The first-order chi connectivity index (χ1) is 6.56. The smallest absolute Gasteiger partial charge is 0.339 e. The first-order valence-electron chi connectivity index (χ1n) is 3.70. The molecule has 0 bridgehead atoms. The van der Waals surface area contributed by atoms with Crippen LogP contribution in [0.2, 0.25) is 0 Å². The summed E-state index contributed by atoms with van der Waals surface area (Å²) in [5, 5.41) is 8.71. The molecule has 5 nitrogen and oxygen atoms in total. The van der Waals surface area contributed by atoms with Crippen LogP contribution in [0.5, 0.6) is 0 Å². The minimum Gasteiger partial charge on any atom is -0.500 e. The minimum absolute atomic E-state index is 0.00918. The summed E-state index contributed by atoms with van der Waals surface area (Å²) < 4.78 is 26.0. The maximum absolute atomic E-state index is 10.6. The van der Waals surface area contributed by atoms with Crippen LogP contribution in [0.1, 0.15) is 6.42 Å². The van der Waals surface area contributed by atoms with E-state index >= 15 is 0 Å². The van der Waals surface area contributed by atoms with Crippen molar-refractivity contribution in [1.82, 2.24) is 0 Å². The van der Waals surface area contributed by atoms with Crippen LogP contribution >= 0.6 is 0 Å². The van der Waals surface area contributed by atoms with Crippen molar-refractivity contribution < 1.29 is 23.1 Å². The fourth-order valence-electron chi connectivity index (χ4n) is 1.07. The molecule has 1 aliphatic rings. The number of carbonyl (C=O) groups is 1. The maximum atomic E-state index is 10.6. The summed E-state index contributed by atoms with van der Waals surface area (Å²) in [5.74, 6) is -0.979. The topological polar surface area (TPSA) is 80.7 Å². The van der Waals surface area contributed by atoms with Crippen molar-refractivity contribution in [2.45, 2.75) is 6.42 Å². The lowest BCUT2D eigenvalue weighted by atomic mass is 10.1. The highest BCUT2D eigenvalue weighted by Gasteiger charge is 2.18. The third-order valence-corrected chi connectivity index (χ3v) is 2.47. The van der Waals surface area contributed by atoms with Crippen molar-refractivity contribution in [3.63, 3.8) is 0 Å². The van der Waals surface area contributed by atoms with Gasteiger partial charge in [-0.05, 0) is 12.2 Å². The second kappa shape index (κ2) is 4.10. The van der Waals surface area contributed by atoms with E-state index in [1.165, 1.54) is 19.3 Å². The van der Waals surface area contributed by atoms with E-state index in [2.05, 4.69) is 0 Å². The fraction of sp³-hybridized carbons (Fsp3) is 0.250. The quantitative estimate of drug-likeness (QED) is 0.656. The van der Waals surface area contributed by atoms with Crippen LogP contribution in [0.15, 0.2) is 23.5 Å². The highest BCUT2D eigenvalue weighted by molar-refractivity contribution is 7.73. The van der Waals surface area contributed by atoms with Gasteiger partial charge < -0.3 is 9.84 Å². The maximum Gasteiger partial charge on any atom is 0.339 e. The first-order valence-corrected chi connectivity index (χ1v) is 4.77. The number of rotatable bonds is 2. The molecule has 1 aliphatic carbocycles. The van der Waals surface area contributed by atoms with E-state index in [1.54, 1.807) is 0 Å². The Bertz CT molecular complexity index is 444. The van der Waals surface area contributed by atoms with Gasteiger partial charge in [0.15, 0.2) is 0 Å². The largest absolute Gasteiger partial charge is 0.500 e. The summed E-state index contributed by atoms with van der Waals surface area (Å²) >= 11 is 0.